The summed E-state index contributed by atoms with van der Waals surface area (Å²) < 4.78 is 18.5. The summed E-state index contributed by atoms with van der Waals surface area (Å²) in [7, 11) is 0. The maximum absolute atomic E-state index is 13.3. The van der Waals surface area contributed by atoms with E-state index in [4.69, 9.17) is 4.74 Å². The summed E-state index contributed by atoms with van der Waals surface area (Å²) in [6, 6.07) is 4.26. The van der Waals surface area contributed by atoms with Crippen molar-refractivity contribution in [1.29, 1.82) is 0 Å². The van der Waals surface area contributed by atoms with Gasteiger partial charge in [0.05, 0.1) is 12.2 Å². The molecule has 1 aromatic carbocycles. The van der Waals surface area contributed by atoms with Gasteiger partial charge in [-0.3, -0.25) is 4.79 Å². The highest BCUT2D eigenvalue weighted by atomic mass is 19.1. The van der Waals surface area contributed by atoms with Crippen molar-refractivity contribution in [2.75, 3.05) is 6.61 Å². The SMILES string of the molecule is C=C(C)CCOc1c(F)cccc1C=O. The van der Waals surface area contributed by atoms with Crippen molar-refractivity contribution in [3.63, 3.8) is 0 Å². The molecule has 1 aromatic rings. The predicted molar refractivity (Wildman–Crippen MR) is 56.7 cm³/mol. The van der Waals surface area contributed by atoms with Crippen LogP contribution < -0.4 is 4.74 Å². The molecule has 0 aliphatic rings. The smallest absolute Gasteiger partial charge is 0.165 e. The molecule has 0 aliphatic carbocycles. The molecule has 0 saturated carbocycles. The number of rotatable bonds is 5. The molecular weight excluding hydrogens is 195 g/mol. The first-order chi connectivity index (χ1) is 7.15. The standard InChI is InChI=1S/C12H13FO2/c1-9(2)6-7-15-12-10(8-14)4-3-5-11(12)13/h3-5,8H,1,6-7H2,2H3. The Balaban J connectivity index is 2.74. The number of benzene rings is 1. The summed E-state index contributed by atoms with van der Waals surface area (Å²) in [5, 5.41) is 0. The van der Waals surface area contributed by atoms with Gasteiger partial charge in [-0.15, -0.1) is 6.58 Å². The zero-order chi connectivity index (χ0) is 11.3. The van der Waals surface area contributed by atoms with Gasteiger partial charge in [-0.1, -0.05) is 11.6 Å². The van der Waals surface area contributed by atoms with Crippen molar-refractivity contribution in [1.82, 2.24) is 0 Å². The molecule has 0 heterocycles. The van der Waals surface area contributed by atoms with E-state index in [0.29, 0.717) is 19.3 Å². The van der Waals surface area contributed by atoms with E-state index < -0.39 is 5.82 Å². The van der Waals surface area contributed by atoms with E-state index in [1.54, 1.807) is 0 Å². The van der Waals surface area contributed by atoms with E-state index >= 15 is 0 Å². The van der Waals surface area contributed by atoms with Crippen LogP contribution in [0.5, 0.6) is 5.75 Å². The van der Waals surface area contributed by atoms with Gasteiger partial charge in [0, 0.05) is 6.42 Å². The van der Waals surface area contributed by atoms with Crippen molar-refractivity contribution in [3.05, 3.63) is 41.7 Å². The molecule has 2 nitrogen and oxygen atoms in total. The minimum absolute atomic E-state index is 0.0220. The molecule has 0 atom stereocenters. The Bertz CT molecular complexity index is 372. The lowest BCUT2D eigenvalue weighted by Crippen LogP contribution is -2.02. The molecule has 0 saturated heterocycles. The van der Waals surface area contributed by atoms with Crippen molar-refractivity contribution >= 4 is 6.29 Å². The normalized spacial score (nSPS) is 9.73. The molecule has 0 spiro atoms. The average Bonchev–Trinajstić information content (AvgIpc) is 2.20. The number of carbonyl (C=O) groups is 1. The molecule has 15 heavy (non-hydrogen) atoms. The van der Waals surface area contributed by atoms with E-state index in [-0.39, 0.29) is 11.3 Å². The fourth-order valence-corrected chi connectivity index (χ4v) is 1.10. The van der Waals surface area contributed by atoms with Crippen LogP contribution in [0, 0.1) is 5.82 Å². The number of para-hydroxylation sites is 1. The van der Waals surface area contributed by atoms with E-state index in [2.05, 4.69) is 6.58 Å². The highest BCUT2D eigenvalue weighted by Crippen LogP contribution is 2.21. The average molecular weight is 208 g/mol. The van der Waals surface area contributed by atoms with Crippen molar-refractivity contribution in [2.45, 2.75) is 13.3 Å². The molecule has 0 radical (unpaired) electrons. The molecule has 0 fully saturated rings. The number of aldehydes is 1. The fourth-order valence-electron chi connectivity index (χ4n) is 1.10. The maximum Gasteiger partial charge on any atom is 0.165 e. The summed E-state index contributed by atoms with van der Waals surface area (Å²) in [5.41, 5.74) is 1.19. The van der Waals surface area contributed by atoms with Crippen LogP contribution in [0.3, 0.4) is 0 Å². The van der Waals surface area contributed by atoms with Crippen LogP contribution in [-0.4, -0.2) is 12.9 Å². The molecule has 0 aromatic heterocycles. The van der Waals surface area contributed by atoms with Crippen LogP contribution >= 0.6 is 0 Å². The van der Waals surface area contributed by atoms with Crippen LogP contribution in [0.15, 0.2) is 30.4 Å². The van der Waals surface area contributed by atoms with Crippen molar-refractivity contribution < 1.29 is 13.9 Å². The number of hydrogen-bond acceptors (Lipinski definition) is 2. The Morgan fingerprint density at radius 2 is 2.33 bits per heavy atom. The zero-order valence-corrected chi connectivity index (χ0v) is 8.63. The Kier molecular flexibility index (Phi) is 4.03. The van der Waals surface area contributed by atoms with Crippen LogP contribution in [0.25, 0.3) is 0 Å². The second-order valence-electron chi connectivity index (χ2n) is 3.33. The lowest BCUT2D eigenvalue weighted by molar-refractivity contribution is 0.111. The maximum atomic E-state index is 13.3. The lowest BCUT2D eigenvalue weighted by Gasteiger charge is -2.08. The number of ether oxygens (including phenoxy) is 1. The Morgan fingerprint density at radius 3 is 2.93 bits per heavy atom. The molecule has 80 valence electrons. The third kappa shape index (κ3) is 3.20. The van der Waals surface area contributed by atoms with Crippen LogP contribution in [-0.2, 0) is 0 Å². The molecule has 0 amide bonds. The van der Waals surface area contributed by atoms with Gasteiger partial charge < -0.3 is 4.74 Å². The van der Waals surface area contributed by atoms with Gasteiger partial charge in [-0.2, -0.15) is 0 Å². The molecule has 0 aliphatic heterocycles. The number of hydrogen-bond donors (Lipinski definition) is 0. The third-order valence-electron chi connectivity index (χ3n) is 1.90. The molecule has 0 bridgehead atoms. The number of halogens is 1. The predicted octanol–water partition coefficient (Wildman–Crippen LogP) is 2.98. The molecule has 0 N–H and O–H groups in total. The van der Waals surface area contributed by atoms with Crippen molar-refractivity contribution in [3.8, 4) is 5.75 Å². The van der Waals surface area contributed by atoms with Crippen LogP contribution in [0.1, 0.15) is 23.7 Å². The Morgan fingerprint density at radius 1 is 1.60 bits per heavy atom. The highest BCUT2D eigenvalue weighted by molar-refractivity contribution is 5.79. The first-order valence-corrected chi connectivity index (χ1v) is 4.66. The van der Waals surface area contributed by atoms with E-state index in [9.17, 15) is 9.18 Å². The Hall–Kier alpha value is -1.64. The van der Waals surface area contributed by atoms with Gasteiger partial charge in [0.1, 0.15) is 0 Å². The quantitative estimate of drug-likeness (QED) is 0.549. The van der Waals surface area contributed by atoms with Crippen LogP contribution in [0.4, 0.5) is 4.39 Å². The minimum atomic E-state index is -0.513. The number of carbonyl (C=O) groups excluding carboxylic acids is 1. The van der Waals surface area contributed by atoms with Gasteiger partial charge in [0.25, 0.3) is 0 Å². The van der Waals surface area contributed by atoms with E-state index in [1.807, 2.05) is 6.92 Å². The summed E-state index contributed by atoms with van der Waals surface area (Å²) in [4.78, 5) is 10.6. The van der Waals surface area contributed by atoms with Crippen LogP contribution in [0.2, 0.25) is 0 Å². The summed E-state index contributed by atoms with van der Waals surface area (Å²) in [6.07, 6.45) is 1.23. The van der Waals surface area contributed by atoms with Gasteiger partial charge in [0.15, 0.2) is 17.9 Å². The molecule has 0 unspecified atom stereocenters. The minimum Gasteiger partial charge on any atom is -0.489 e. The monoisotopic (exact) mass is 208 g/mol. The topological polar surface area (TPSA) is 26.3 Å². The van der Waals surface area contributed by atoms with Gasteiger partial charge in [0.2, 0.25) is 0 Å². The second kappa shape index (κ2) is 5.29. The van der Waals surface area contributed by atoms with Gasteiger partial charge in [-0.25, -0.2) is 4.39 Å². The Labute approximate surface area is 88.4 Å². The summed E-state index contributed by atoms with van der Waals surface area (Å²) in [6.45, 7) is 5.90. The van der Waals surface area contributed by atoms with Gasteiger partial charge >= 0.3 is 0 Å². The molecule has 3 heteroatoms. The third-order valence-corrected chi connectivity index (χ3v) is 1.90. The van der Waals surface area contributed by atoms with E-state index in [1.165, 1.54) is 18.2 Å². The molecule has 1 rings (SSSR count). The summed E-state index contributed by atoms with van der Waals surface area (Å²) >= 11 is 0. The summed E-state index contributed by atoms with van der Waals surface area (Å²) in [5.74, 6) is -0.491. The largest absolute Gasteiger partial charge is 0.489 e. The zero-order valence-electron chi connectivity index (χ0n) is 8.63. The van der Waals surface area contributed by atoms with Crippen molar-refractivity contribution in [2.24, 2.45) is 0 Å². The van der Waals surface area contributed by atoms with Gasteiger partial charge in [-0.05, 0) is 19.1 Å². The highest BCUT2D eigenvalue weighted by Gasteiger charge is 2.08. The van der Waals surface area contributed by atoms with E-state index in [0.717, 1.165) is 5.57 Å². The fraction of sp³-hybridized carbons (Fsp3) is 0.250. The first kappa shape index (κ1) is 11.4. The lowest BCUT2D eigenvalue weighted by atomic mass is 10.2. The first-order valence-electron chi connectivity index (χ1n) is 4.66. The molecular formula is C12H13FO2. The second-order valence-corrected chi connectivity index (χ2v) is 3.33.